The van der Waals surface area contributed by atoms with Crippen molar-refractivity contribution in [1.29, 1.82) is 0 Å². The van der Waals surface area contributed by atoms with Crippen LogP contribution in [0.3, 0.4) is 0 Å². The Morgan fingerprint density at radius 2 is 1.64 bits per heavy atom. The molecule has 0 spiro atoms. The van der Waals surface area contributed by atoms with Crippen molar-refractivity contribution in [3.8, 4) is 11.8 Å². The SMILES string of the molecule is Cc1ccc(C#Cc2ccc3oc([C@H](C)[C@H](C)C(=O)O)cc3c2)cc1. The maximum atomic E-state index is 11.2. The van der Waals surface area contributed by atoms with E-state index < -0.39 is 11.9 Å². The summed E-state index contributed by atoms with van der Waals surface area (Å²) in [5.74, 6) is 5.50. The molecular formula is C22H20O3. The van der Waals surface area contributed by atoms with Crippen LogP contribution in [0.1, 0.15) is 42.2 Å². The van der Waals surface area contributed by atoms with Gasteiger partial charge in [0.2, 0.25) is 0 Å². The Kier molecular flexibility index (Phi) is 4.63. The summed E-state index contributed by atoms with van der Waals surface area (Å²) in [4.78, 5) is 11.2. The molecule has 0 bridgehead atoms. The van der Waals surface area contributed by atoms with Gasteiger partial charge in [-0.15, -0.1) is 0 Å². The standard InChI is InChI=1S/C22H20O3/c1-14-4-6-17(7-5-14)8-9-18-10-11-20-19(12-18)13-21(25-20)15(2)16(3)22(23)24/h4-7,10-13,15-16H,1-3H3,(H,23,24)/t15-,16+/m1/s1. The highest BCUT2D eigenvalue weighted by atomic mass is 16.4. The molecule has 1 aromatic heterocycles. The van der Waals surface area contributed by atoms with Gasteiger partial charge in [-0.3, -0.25) is 4.79 Å². The summed E-state index contributed by atoms with van der Waals surface area (Å²) in [6, 6.07) is 15.8. The topological polar surface area (TPSA) is 50.4 Å². The molecule has 0 saturated heterocycles. The number of hydrogen-bond acceptors (Lipinski definition) is 2. The lowest BCUT2D eigenvalue weighted by molar-refractivity contribution is -0.141. The Bertz CT molecular complexity index is 968. The van der Waals surface area contributed by atoms with Gasteiger partial charge >= 0.3 is 5.97 Å². The molecule has 3 aromatic rings. The van der Waals surface area contributed by atoms with Crippen LogP contribution in [0.4, 0.5) is 0 Å². The molecule has 0 aliphatic rings. The van der Waals surface area contributed by atoms with Crippen molar-refractivity contribution >= 4 is 16.9 Å². The molecule has 0 amide bonds. The van der Waals surface area contributed by atoms with Crippen LogP contribution in [-0.4, -0.2) is 11.1 Å². The molecule has 25 heavy (non-hydrogen) atoms. The fourth-order valence-electron chi connectivity index (χ4n) is 2.61. The minimum atomic E-state index is -0.822. The largest absolute Gasteiger partial charge is 0.481 e. The zero-order chi connectivity index (χ0) is 18.0. The Morgan fingerprint density at radius 1 is 1.00 bits per heavy atom. The summed E-state index contributed by atoms with van der Waals surface area (Å²) in [6.45, 7) is 5.61. The molecule has 0 aliphatic heterocycles. The number of carbonyl (C=O) groups is 1. The molecule has 126 valence electrons. The van der Waals surface area contributed by atoms with Crippen LogP contribution < -0.4 is 0 Å². The van der Waals surface area contributed by atoms with E-state index in [0.717, 1.165) is 22.1 Å². The third-order valence-electron chi connectivity index (χ3n) is 4.53. The third-order valence-corrected chi connectivity index (χ3v) is 4.53. The highest BCUT2D eigenvalue weighted by Gasteiger charge is 2.23. The Labute approximate surface area is 147 Å². The van der Waals surface area contributed by atoms with Gasteiger partial charge in [0.1, 0.15) is 11.3 Å². The Hall–Kier alpha value is -2.99. The lowest BCUT2D eigenvalue weighted by Crippen LogP contribution is -2.16. The van der Waals surface area contributed by atoms with Crippen molar-refractivity contribution in [3.63, 3.8) is 0 Å². The molecule has 0 radical (unpaired) electrons. The van der Waals surface area contributed by atoms with E-state index in [1.165, 1.54) is 5.56 Å². The summed E-state index contributed by atoms with van der Waals surface area (Å²) < 4.78 is 5.82. The lowest BCUT2D eigenvalue weighted by Gasteiger charge is -2.12. The van der Waals surface area contributed by atoms with Gasteiger partial charge in [0, 0.05) is 22.4 Å². The fourth-order valence-corrected chi connectivity index (χ4v) is 2.61. The van der Waals surface area contributed by atoms with E-state index >= 15 is 0 Å². The van der Waals surface area contributed by atoms with Gasteiger partial charge in [-0.05, 0) is 43.3 Å². The number of furan rings is 1. The molecule has 1 heterocycles. The van der Waals surface area contributed by atoms with E-state index in [1.54, 1.807) is 6.92 Å². The molecule has 3 nitrogen and oxygen atoms in total. The highest BCUT2D eigenvalue weighted by molar-refractivity contribution is 5.80. The number of rotatable bonds is 3. The maximum absolute atomic E-state index is 11.2. The van der Waals surface area contributed by atoms with E-state index in [2.05, 4.69) is 11.8 Å². The van der Waals surface area contributed by atoms with Crippen LogP contribution in [0, 0.1) is 24.7 Å². The number of benzene rings is 2. The molecule has 0 aliphatic carbocycles. The van der Waals surface area contributed by atoms with Gasteiger partial charge in [0.25, 0.3) is 0 Å². The summed E-state index contributed by atoms with van der Waals surface area (Å²) in [5.41, 5.74) is 3.84. The first-order valence-corrected chi connectivity index (χ1v) is 8.29. The van der Waals surface area contributed by atoms with Crippen molar-refractivity contribution in [2.75, 3.05) is 0 Å². The average molecular weight is 332 g/mol. The number of aryl methyl sites for hydroxylation is 1. The van der Waals surface area contributed by atoms with E-state index in [4.69, 9.17) is 9.52 Å². The molecule has 0 saturated carbocycles. The molecular weight excluding hydrogens is 312 g/mol. The molecule has 3 heteroatoms. The molecule has 0 unspecified atom stereocenters. The average Bonchev–Trinajstić information content (AvgIpc) is 3.03. The monoisotopic (exact) mass is 332 g/mol. The van der Waals surface area contributed by atoms with Gasteiger partial charge in [0.15, 0.2) is 0 Å². The van der Waals surface area contributed by atoms with Crippen LogP contribution >= 0.6 is 0 Å². The minimum Gasteiger partial charge on any atom is -0.481 e. The molecule has 2 atom stereocenters. The summed E-state index contributed by atoms with van der Waals surface area (Å²) in [5, 5.41) is 10.1. The van der Waals surface area contributed by atoms with E-state index in [9.17, 15) is 4.79 Å². The quantitative estimate of drug-likeness (QED) is 0.689. The fraction of sp³-hybridized carbons (Fsp3) is 0.227. The van der Waals surface area contributed by atoms with Crippen LogP contribution in [0.15, 0.2) is 52.9 Å². The third kappa shape index (κ3) is 3.75. The zero-order valence-corrected chi connectivity index (χ0v) is 14.5. The van der Waals surface area contributed by atoms with Crippen molar-refractivity contribution in [2.24, 2.45) is 5.92 Å². The van der Waals surface area contributed by atoms with Crippen LogP contribution in [0.5, 0.6) is 0 Å². The van der Waals surface area contributed by atoms with Crippen LogP contribution in [0.2, 0.25) is 0 Å². The predicted molar refractivity (Wildman–Crippen MR) is 98.6 cm³/mol. The number of carboxylic acids is 1. The number of aliphatic carboxylic acids is 1. The first kappa shape index (κ1) is 16.9. The van der Waals surface area contributed by atoms with Gasteiger partial charge in [-0.1, -0.05) is 43.4 Å². The van der Waals surface area contributed by atoms with Crippen LogP contribution in [-0.2, 0) is 4.79 Å². The highest BCUT2D eigenvalue weighted by Crippen LogP contribution is 2.30. The van der Waals surface area contributed by atoms with Gasteiger partial charge in [0.05, 0.1) is 5.92 Å². The van der Waals surface area contributed by atoms with E-state index in [0.29, 0.717) is 5.76 Å². The summed E-state index contributed by atoms with van der Waals surface area (Å²) in [7, 11) is 0. The first-order valence-electron chi connectivity index (χ1n) is 8.29. The van der Waals surface area contributed by atoms with Crippen LogP contribution in [0.25, 0.3) is 11.0 Å². The van der Waals surface area contributed by atoms with Gasteiger partial charge in [-0.25, -0.2) is 0 Å². The first-order chi connectivity index (χ1) is 11.9. The number of carboxylic acid groups (broad SMARTS) is 1. The Balaban J connectivity index is 1.88. The summed E-state index contributed by atoms with van der Waals surface area (Å²) >= 11 is 0. The van der Waals surface area contributed by atoms with Gasteiger partial charge in [-0.2, -0.15) is 0 Å². The number of fused-ring (bicyclic) bond motifs is 1. The maximum Gasteiger partial charge on any atom is 0.306 e. The van der Waals surface area contributed by atoms with Crippen molar-refractivity contribution in [3.05, 3.63) is 71.0 Å². The second-order valence-corrected chi connectivity index (χ2v) is 6.43. The predicted octanol–water partition coefficient (Wildman–Crippen LogP) is 4.97. The van der Waals surface area contributed by atoms with E-state index in [-0.39, 0.29) is 5.92 Å². The number of hydrogen-bond donors (Lipinski definition) is 1. The minimum absolute atomic E-state index is 0.188. The molecule has 1 N–H and O–H groups in total. The smallest absolute Gasteiger partial charge is 0.306 e. The summed E-state index contributed by atoms with van der Waals surface area (Å²) in [6.07, 6.45) is 0. The van der Waals surface area contributed by atoms with Crippen molar-refractivity contribution in [1.82, 2.24) is 0 Å². The molecule has 0 fully saturated rings. The molecule has 3 rings (SSSR count). The van der Waals surface area contributed by atoms with E-state index in [1.807, 2.05) is 62.4 Å². The van der Waals surface area contributed by atoms with Crippen molar-refractivity contribution in [2.45, 2.75) is 26.7 Å². The normalized spacial score (nSPS) is 13.1. The van der Waals surface area contributed by atoms with Gasteiger partial charge < -0.3 is 9.52 Å². The Morgan fingerprint density at radius 3 is 2.32 bits per heavy atom. The second kappa shape index (κ2) is 6.86. The second-order valence-electron chi connectivity index (χ2n) is 6.43. The lowest BCUT2D eigenvalue weighted by atomic mass is 9.94. The van der Waals surface area contributed by atoms with Crippen molar-refractivity contribution < 1.29 is 14.3 Å². The zero-order valence-electron chi connectivity index (χ0n) is 14.5. The molecule has 2 aromatic carbocycles.